The summed E-state index contributed by atoms with van der Waals surface area (Å²) in [7, 11) is 0. The van der Waals surface area contributed by atoms with E-state index in [0.29, 0.717) is 19.5 Å². The zero-order chi connectivity index (χ0) is 34.0. The summed E-state index contributed by atoms with van der Waals surface area (Å²) < 4.78 is 39.0. The van der Waals surface area contributed by atoms with Crippen molar-refractivity contribution in [1.29, 1.82) is 0 Å². The molecule has 0 bridgehead atoms. The number of halogens is 4. The van der Waals surface area contributed by atoms with Crippen molar-refractivity contribution in [2.45, 2.75) is 103 Å². The maximum Gasteiger partial charge on any atom is 0.408 e. The second kappa shape index (κ2) is 24.8. The summed E-state index contributed by atoms with van der Waals surface area (Å²) >= 11 is 0.873. The molecule has 1 fully saturated rings. The number of hydrogen-bond acceptors (Lipinski definition) is 9. The molecule has 15 heteroatoms. The van der Waals surface area contributed by atoms with Crippen LogP contribution in [0.2, 0.25) is 0 Å². The summed E-state index contributed by atoms with van der Waals surface area (Å²) in [5.74, 6) is -2.19. The van der Waals surface area contributed by atoms with E-state index in [2.05, 4.69) is 48.1 Å². The molecule has 1 unspecified atom stereocenters. The van der Waals surface area contributed by atoms with E-state index in [0.717, 1.165) is 74.5 Å². The highest BCUT2D eigenvalue weighted by atomic mass is 35.5. The molecule has 0 spiro atoms. The van der Waals surface area contributed by atoms with Crippen LogP contribution in [0.25, 0.3) is 0 Å². The standard InChI is InChI=1S/C34H50F2N4O6S.2ClH/c1-4-8-28(9-5-2)45-46-47-22-31(40-34(43)44-29-12-13-37-20-29)33(42)39-30(17-25-15-26(35)18-27(36)16-25)32(41)21-38-19-24-11-7-10-23(6-3)14-24;;/h7,10-11,14-16,18,28-32,37-38,41H,4-6,8-9,12-13,17,19-22H2,1-3H3,(H,39,42)(H,40,43);2*1H/t29-,30+,31?,32-;;/m1../s1. The minimum atomic E-state index is -1.15. The molecule has 1 aliphatic heterocycles. The van der Waals surface area contributed by atoms with E-state index in [4.69, 9.17) is 14.0 Å². The molecular formula is C34H52Cl2F2N4O6S. The summed E-state index contributed by atoms with van der Waals surface area (Å²) in [6, 6.07) is 9.03. The van der Waals surface area contributed by atoms with Crippen LogP contribution in [-0.2, 0) is 38.1 Å². The van der Waals surface area contributed by atoms with Crippen molar-refractivity contribution in [2.75, 3.05) is 25.4 Å². The Bertz CT molecular complexity index is 1220. The van der Waals surface area contributed by atoms with Crippen molar-refractivity contribution in [2.24, 2.45) is 0 Å². The quantitative estimate of drug-likeness (QED) is 0.0481. The minimum Gasteiger partial charge on any atom is -0.445 e. The lowest BCUT2D eigenvalue weighted by Gasteiger charge is -2.27. The van der Waals surface area contributed by atoms with Gasteiger partial charge < -0.3 is 31.1 Å². The Hall–Kier alpha value is -2.23. The lowest BCUT2D eigenvalue weighted by Crippen LogP contribution is -2.55. The van der Waals surface area contributed by atoms with Crippen LogP contribution in [-0.4, -0.2) is 72.9 Å². The van der Waals surface area contributed by atoms with Gasteiger partial charge in [-0.2, -0.15) is 4.33 Å². The normalized spacial score (nSPS) is 15.9. The Morgan fingerprint density at radius 3 is 2.33 bits per heavy atom. The Morgan fingerprint density at radius 2 is 1.69 bits per heavy atom. The summed E-state index contributed by atoms with van der Waals surface area (Å²) in [4.78, 5) is 32.0. The number of amides is 2. The van der Waals surface area contributed by atoms with Gasteiger partial charge in [-0.3, -0.25) is 4.79 Å². The molecule has 1 aliphatic rings. The fourth-order valence-corrected chi connectivity index (χ4v) is 5.91. The fraction of sp³-hybridized carbons (Fsp3) is 0.588. The predicted molar refractivity (Wildman–Crippen MR) is 193 cm³/mol. The number of carbonyl (C=O) groups excluding carboxylic acids is 2. The van der Waals surface area contributed by atoms with Gasteiger partial charge in [-0.1, -0.05) is 57.9 Å². The average molecular weight is 754 g/mol. The molecule has 2 amide bonds. The third-order valence-corrected chi connectivity index (χ3v) is 8.47. The molecule has 1 heterocycles. The zero-order valence-electron chi connectivity index (χ0n) is 28.4. The number of nitrogens with one attached hydrogen (secondary N) is 4. The van der Waals surface area contributed by atoms with Crippen molar-refractivity contribution in [3.63, 3.8) is 0 Å². The van der Waals surface area contributed by atoms with E-state index in [9.17, 15) is 23.5 Å². The maximum atomic E-state index is 14.1. The van der Waals surface area contributed by atoms with Gasteiger partial charge in [-0.05, 0) is 67.5 Å². The highest BCUT2D eigenvalue weighted by molar-refractivity contribution is 7.94. The molecule has 278 valence electrons. The SMILES string of the molecule is CCCC(CCC)OOSCC(NC(=O)O[C@@H]1CCNC1)C(=O)N[C@@H](Cc1cc(F)cc(F)c1)[C@H](O)CNCc1cccc(CC)c1.Cl.Cl. The number of hydrogen-bond donors (Lipinski definition) is 5. The summed E-state index contributed by atoms with van der Waals surface area (Å²) in [5, 5.41) is 23.0. The Labute approximate surface area is 305 Å². The molecule has 0 aromatic heterocycles. The van der Waals surface area contributed by atoms with E-state index in [1.54, 1.807) is 0 Å². The molecule has 5 N–H and O–H groups in total. The van der Waals surface area contributed by atoms with Crippen molar-refractivity contribution in [1.82, 2.24) is 21.3 Å². The largest absolute Gasteiger partial charge is 0.445 e. The number of benzene rings is 2. The van der Waals surface area contributed by atoms with Crippen LogP contribution in [0.5, 0.6) is 0 Å². The molecule has 3 rings (SSSR count). The van der Waals surface area contributed by atoms with E-state index in [1.807, 2.05) is 18.2 Å². The summed E-state index contributed by atoms with van der Waals surface area (Å²) in [6.07, 6.45) is 2.62. The highest BCUT2D eigenvalue weighted by Crippen LogP contribution is 2.17. The van der Waals surface area contributed by atoms with Gasteiger partial charge >= 0.3 is 6.09 Å². The lowest BCUT2D eigenvalue weighted by atomic mass is 10.00. The zero-order valence-corrected chi connectivity index (χ0v) is 30.8. The molecule has 2 aromatic rings. The second-order valence-electron chi connectivity index (χ2n) is 11.8. The first-order valence-electron chi connectivity index (χ1n) is 16.5. The Morgan fingerprint density at radius 1 is 1.00 bits per heavy atom. The third kappa shape index (κ3) is 17.0. The minimum absolute atomic E-state index is 0. The maximum absolute atomic E-state index is 14.1. The number of ether oxygens (including phenoxy) is 1. The fourth-order valence-electron chi connectivity index (χ4n) is 5.32. The third-order valence-electron chi connectivity index (χ3n) is 7.83. The first kappa shape index (κ1) is 44.8. The van der Waals surface area contributed by atoms with Crippen molar-refractivity contribution < 1.29 is 37.4 Å². The number of aliphatic hydroxyl groups excluding tert-OH is 1. The number of rotatable bonds is 21. The monoisotopic (exact) mass is 752 g/mol. The first-order valence-corrected chi connectivity index (χ1v) is 17.5. The molecule has 0 radical (unpaired) electrons. The number of aliphatic hydroxyl groups is 1. The van der Waals surface area contributed by atoms with Crippen LogP contribution in [0.3, 0.4) is 0 Å². The molecule has 0 aliphatic carbocycles. The summed E-state index contributed by atoms with van der Waals surface area (Å²) in [5.41, 5.74) is 2.47. The van der Waals surface area contributed by atoms with Crippen LogP contribution in [0, 0.1) is 11.6 Å². The van der Waals surface area contributed by atoms with Gasteiger partial charge in [0.25, 0.3) is 0 Å². The van der Waals surface area contributed by atoms with Gasteiger partial charge in [0.1, 0.15) is 23.8 Å². The summed E-state index contributed by atoms with van der Waals surface area (Å²) in [6.45, 7) is 7.96. The predicted octanol–water partition coefficient (Wildman–Crippen LogP) is 5.57. The first-order chi connectivity index (χ1) is 22.7. The lowest BCUT2D eigenvalue weighted by molar-refractivity contribution is -0.234. The van der Waals surface area contributed by atoms with Crippen molar-refractivity contribution in [3.05, 3.63) is 70.8 Å². The molecule has 1 saturated heterocycles. The van der Waals surface area contributed by atoms with Gasteiger partial charge in [-0.15, -0.1) is 24.8 Å². The molecule has 10 nitrogen and oxygen atoms in total. The van der Waals surface area contributed by atoms with E-state index in [-0.39, 0.29) is 61.3 Å². The molecule has 4 atom stereocenters. The van der Waals surface area contributed by atoms with Gasteiger partial charge in [0.2, 0.25) is 5.91 Å². The van der Waals surface area contributed by atoms with Crippen molar-refractivity contribution in [3.8, 4) is 0 Å². The van der Waals surface area contributed by atoms with Crippen LogP contribution in [0.1, 0.15) is 69.6 Å². The van der Waals surface area contributed by atoms with Crippen LogP contribution in [0.15, 0.2) is 42.5 Å². The number of carbonyl (C=O) groups is 2. The van der Waals surface area contributed by atoms with Gasteiger partial charge in [0.15, 0.2) is 0 Å². The van der Waals surface area contributed by atoms with Crippen molar-refractivity contribution >= 4 is 48.9 Å². The van der Waals surface area contributed by atoms with Crippen LogP contribution in [0.4, 0.5) is 13.6 Å². The second-order valence-corrected chi connectivity index (χ2v) is 12.5. The number of alkyl carbamates (subject to hydrolysis) is 1. The average Bonchev–Trinajstić information content (AvgIpc) is 3.54. The van der Waals surface area contributed by atoms with E-state index < -0.39 is 41.8 Å². The van der Waals surface area contributed by atoms with E-state index >= 15 is 0 Å². The van der Waals surface area contributed by atoms with Crippen LogP contribution >= 0.6 is 36.9 Å². The van der Waals surface area contributed by atoms with Crippen LogP contribution < -0.4 is 21.3 Å². The highest BCUT2D eigenvalue weighted by Gasteiger charge is 2.29. The van der Waals surface area contributed by atoms with Gasteiger partial charge in [0, 0.05) is 37.7 Å². The van der Waals surface area contributed by atoms with E-state index in [1.165, 1.54) is 5.56 Å². The molecule has 0 saturated carbocycles. The van der Waals surface area contributed by atoms with Gasteiger partial charge in [-0.25, -0.2) is 18.5 Å². The molecule has 2 aromatic carbocycles. The Balaban J connectivity index is 0.00000600. The topological polar surface area (TPSA) is 130 Å². The molecule has 49 heavy (non-hydrogen) atoms. The number of aryl methyl sites for hydroxylation is 1. The Kier molecular flexibility index (Phi) is 22.7. The molecular weight excluding hydrogens is 701 g/mol. The smallest absolute Gasteiger partial charge is 0.408 e. The van der Waals surface area contributed by atoms with Gasteiger partial charge in [0.05, 0.1) is 24.0 Å².